The lowest BCUT2D eigenvalue weighted by Crippen LogP contribution is -2.34. The summed E-state index contributed by atoms with van der Waals surface area (Å²) >= 11 is 6.27. The van der Waals surface area contributed by atoms with Crippen molar-refractivity contribution in [1.82, 2.24) is 24.4 Å². The molecule has 0 aliphatic rings. The van der Waals surface area contributed by atoms with E-state index in [1.54, 1.807) is 18.2 Å². The molecule has 4 rings (SSSR count). The van der Waals surface area contributed by atoms with Gasteiger partial charge in [0.25, 0.3) is 17.9 Å². The lowest BCUT2D eigenvalue weighted by molar-refractivity contribution is -0.119. The van der Waals surface area contributed by atoms with Crippen LogP contribution in [-0.2, 0) is 9.53 Å². The van der Waals surface area contributed by atoms with Crippen molar-refractivity contribution in [1.29, 1.82) is 0 Å². The number of imidazole rings is 1. The molecule has 3 heterocycles. The van der Waals surface area contributed by atoms with E-state index in [2.05, 4.69) is 20.6 Å². The van der Waals surface area contributed by atoms with Gasteiger partial charge in [-0.15, -0.1) is 0 Å². The zero-order valence-corrected chi connectivity index (χ0v) is 23.6. The highest BCUT2D eigenvalue weighted by atomic mass is 35.5. The Morgan fingerprint density at radius 3 is 2.48 bits per heavy atom. The third-order valence-corrected chi connectivity index (χ3v) is 6.58. The van der Waals surface area contributed by atoms with Crippen molar-refractivity contribution in [2.75, 3.05) is 33.2 Å². The second-order valence-electron chi connectivity index (χ2n) is 8.97. The molecule has 0 radical (unpaired) electrons. The SMILES string of the molecule is CNC(=O)c1ccc(NC(=O)C(CCOC)n2cc(OC)c(-c3cc(Cl)ccc3-n3cnc(C(F)F)c3)cc2=O)cn1. The van der Waals surface area contributed by atoms with Gasteiger partial charge in [0.1, 0.15) is 23.2 Å². The summed E-state index contributed by atoms with van der Waals surface area (Å²) < 4.78 is 39.8. The highest BCUT2D eigenvalue weighted by Gasteiger charge is 2.25. The summed E-state index contributed by atoms with van der Waals surface area (Å²) in [7, 11) is 4.35. The van der Waals surface area contributed by atoms with Crippen molar-refractivity contribution in [3.63, 3.8) is 0 Å². The lowest BCUT2D eigenvalue weighted by atomic mass is 10.0. The van der Waals surface area contributed by atoms with Crippen molar-refractivity contribution in [3.8, 4) is 22.6 Å². The van der Waals surface area contributed by atoms with Gasteiger partial charge in [-0.1, -0.05) is 11.6 Å². The molecular formula is C28H27ClF2N6O5. The van der Waals surface area contributed by atoms with Crippen LogP contribution in [0, 0.1) is 0 Å². The fourth-order valence-electron chi connectivity index (χ4n) is 4.26. The van der Waals surface area contributed by atoms with Crippen LogP contribution in [0.2, 0.25) is 5.02 Å². The molecular weight excluding hydrogens is 574 g/mol. The predicted molar refractivity (Wildman–Crippen MR) is 152 cm³/mol. The average molecular weight is 601 g/mol. The summed E-state index contributed by atoms with van der Waals surface area (Å²) in [4.78, 5) is 46.4. The molecule has 3 aromatic heterocycles. The Kier molecular flexibility index (Phi) is 9.65. The molecule has 1 atom stereocenters. The number of ether oxygens (including phenoxy) is 2. The molecule has 14 heteroatoms. The Morgan fingerprint density at radius 2 is 1.86 bits per heavy atom. The first kappa shape index (κ1) is 30.3. The molecule has 42 heavy (non-hydrogen) atoms. The van der Waals surface area contributed by atoms with Crippen LogP contribution in [0.15, 0.2) is 66.1 Å². The maximum absolute atomic E-state index is 13.5. The third kappa shape index (κ3) is 6.64. The second kappa shape index (κ2) is 13.4. The average Bonchev–Trinajstić information content (AvgIpc) is 3.48. The van der Waals surface area contributed by atoms with E-state index < -0.39 is 29.6 Å². The number of alkyl halides is 2. The Hall–Kier alpha value is -4.62. The molecule has 1 aromatic carbocycles. The molecule has 2 N–H and O–H groups in total. The van der Waals surface area contributed by atoms with Crippen molar-refractivity contribution in [3.05, 3.63) is 88.1 Å². The number of nitrogens with one attached hydrogen (secondary N) is 2. The zero-order chi connectivity index (χ0) is 30.4. The minimum absolute atomic E-state index is 0.141. The highest BCUT2D eigenvalue weighted by molar-refractivity contribution is 6.31. The Bertz CT molecular complexity index is 1640. The summed E-state index contributed by atoms with van der Waals surface area (Å²) in [6, 6.07) is 8.01. The maximum Gasteiger partial charge on any atom is 0.281 e. The molecule has 0 spiro atoms. The standard InChI is InChI=1S/C28H27ClF2N6O5/c1-32-27(39)20-6-5-17(12-33-20)35-28(40)23(8-9-41-2)37-14-24(42-3)19(11-25(37)38)18-10-16(29)4-7-22(18)36-13-21(26(30)31)34-15-36/h4-7,10-15,23,26H,8-9H2,1-3H3,(H,32,39)(H,35,40). The van der Waals surface area contributed by atoms with Crippen LogP contribution in [0.1, 0.15) is 35.1 Å². The van der Waals surface area contributed by atoms with Crippen LogP contribution in [0.5, 0.6) is 5.75 Å². The molecule has 220 valence electrons. The topological polar surface area (TPSA) is 129 Å². The van der Waals surface area contributed by atoms with Crippen LogP contribution < -0.4 is 20.9 Å². The summed E-state index contributed by atoms with van der Waals surface area (Å²) in [5, 5.41) is 5.52. The molecule has 0 aliphatic carbocycles. The molecule has 4 aromatic rings. The third-order valence-electron chi connectivity index (χ3n) is 6.34. The largest absolute Gasteiger partial charge is 0.495 e. The predicted octanol–water partition coefficient (Wildman–Crippen LogP) is 4.27. The Morgan fingerprint density at radius 1 is 1.07 bits per heavy atom. The van der Waals surface area contributed by atoms with E-state index in [0.717, 1.165) is 0 Å². The summed E-state index contributed by atoms with van der Waals surface area (Å²) in [6.07, 6.45) is 2.53. The van der Waals surface area contributed by atoms with Crippen LogP contribution in [0.4, 0.5) is 14.5 Å². The lowest BCUT2D eigenvalue weighted by Gasteiger charge is -2.21. The van der Waals surface area contributed by atoms with Crippen LogP contribution in [0.3, 0.4) is 0 Å². The van der Waals surface area contributed by atoms with Gasteiger partial charge < -0.3 is 24.7 Å². The smallest absolute Gasteiger partial charge is 0.281 e. The fourth-order valence-corrected chi connectivity index (χ4v) is 4.43. The van der Waals surface area contributed by atoms with E-state index in [0.29, 0.717) is 27.5 Å². The van der Waals surface area contributed by atoms with Gasteiger partial charge >= 0.3 is 0 Å². The number of pyridine rings is 2. The summed E-state index contributed by atoms with van der Waals surface area (Å²) in [5.74, 6) is -0.686. The quantitative estimate of drug-likeness (QED) is 0.263. The molecule has 0 aliphatic heterocycles. The molecule has 1 unspecified atom stereocenters. The Labute approximate surface area is 244 Å². The number of carbonyl (C=O) groups excluding carboxylic acids is 2. The number of halogens is 3. The van der Waals surface area contributed by atoms with Gasteiger partial charge in [0.05, 0.1) is 37.2 Å². The van der Waals surface area contributed by atoms with Crippen molar-refractivity contribution in [2.45, 2.75) is 18.9 Å². The number of carbonyl (C=O) groups is 2. The minimum Gasteiger partial charge on any atom is -0.495 e. The highest BCUT2D eigenvalue weighted by Crippen LogP contribution is 2.36. The van der Waals surface area contributed by atoms with Crippen molar-refractivity contribution < 1.29 is 27.8 Å². The van der Waals surface area contributed by atoms with Gasteiger partial charge in [-0.2, -0.15) is 0 Å². The van der Waals surface area contributed by atoms with Crippen molar-refractivity contribution in [2.24, 2.45) is 0 Å². The second-order valence-corrected chi connectivity index (χ2v) is 9.40. The van der Waals surface area contributed by atoms with Gasteiger partial charge in [0.2, 0.25) is 5.91 Å². The molecule has 0 saturated carbocycles. The van der Waals surface area contributed by atoms with E-state index in [1.807, 2.05) is 0 Å². The molecule has 0 saturated heterocycles. The molecule has 11 nitrogen and oxygen atoms in total. The number of benzene rings is 1. The number of anilines is 1. The van der Waals surface area contributed by atoms with Crippen LogP contribution in [0.25, 0.3) is 16.8 Å². The maximum atomic E-state index is 13.5. The summed E-state index contributed by atoms with van der Waals surface area (Å²) in [6.45, 7) is 0.161. The minimum atomic E-state index is -2.76. The van der Waals surface area contributed by atoms with Gasteiger partial charge in [-0.3, -0.25) is 19.0 Å². The fraction of sp³-hybridized carbons (Fsp3) is 0.250. The number of amides is 2. The van der Waals surface area contributed by atoms with Crippen LogP contribution in [-0.4, -0.2) is 58.8 Å². The molecule has 0 fully saturated rings. The van der Waals surface area contributed by atoms with E-state index in [4.69, 9.17) is 21.1 Å². The number of nitrogens with zero attached hydrogens (tertiary/aromatic N) is 4. The van der Waals surface area contributed by atoms with Gasteiger partial charge in [0, 0.05) is 55.6 Å². The number of aromatic nitrogens is 4. The number of methoxy groups -OCH3 is 2. The van der Waals surface area contributed by atoms with Crippen LogP contribution >= 0.6 is 11.6 Å². The van der Waals surface area contributed by atoms with E-state index >= 15 is 0 Å². The Balaban J connectivity index is 1.74. The summed E-state index contributed by atoms with van der Waals surface area (Å²) in [5.41, 5.74) is 0.702. The first-order chi connectivity index (χ1) is 20.2. The van der Waals surface area contributed by atoms with Gasteiger partial charge in [0.15, 0.2) is 0 Å². The number of hydrogen-bond acceptors (Lipinski definition) is 7. The first-order valence-corrected chi connectivity index (χ1v) is 12.9. The molecule has 2 amide bonds. The number of hydrogen-bond donors (Lipinski definition) is 2. The normalized spacial score (nSPS) is 11.8. The van der Waals surface area contributed by atoms with Crippen molar-refractivity contribution >= 4 is 29.1 Å². The van der Waals surface area contributed by atoms with Gasteiger partial charge in [-0.05, 0) is 30.3 Å². The van der Waals surface area contributed by atoms with Gasteiger partial charge in [-0.25, -0.2) is 18.7 Å². The zero-order valence-electron chi connectivity index (χ0n) is 22.8. The monoisotopic (exact) mass is 600 g/mol. The number of rotatable bonds is 11. The van der Waals surface area contributed by atoms with E-state index in [-0.39, 0.29) is 30.4 Å². The first-order valence-electron chi connectivity index (χ1n) is 12.6. The molecule has 0 bridgehead atoms. The van der Waals surface area contributed by atoms with E-state index in [1.165, 1.54) is 73.5 Å². The van der Waals surface area contributed by atoms with E-state index in [9.17, 15) is 23.2 Å².